The van der Waals surface area contributed by atoms with Gasteiger partial charge < -0.3 is 14.8 Å². The van der Waals surface area contributed by atoms with Gasteiger partial charge in [0.15, 0.2) is 0 Å². The maximum Gasteiger partial charge on any atom is 0.243 e. The quantitative estimate of drug-likeness (QED) is 0.424. The van der Waals surface area contributed by atoms with Crippen LogP contribution in [0.4, 0.5) is 0 Å². The van der Waals surface area contributed by atoms with Gasteiger partial charge >= 0.3 is 0 Å². The molecule has 1 N–H and O–H groups in total. The van der Waals surface area contributed by atoms with Gasteiger partial charge in [0.1, 0.15) is 12.4 Å². The molecular weight excluding hydrogens is 554 g/mol. The Morgan fingerprint density at radius 2 is 1.61 bits per heavy atom. The number of carbonyl (C=O) groups excluding carboxylic acids is 1. The summed E-state index contributed by atoms with van der Waals surface area (Å²) >= 11 is 6.11. The summed E-state index contributed by atoms with van der Waals surface area (Å²) in [5.74, 6) is -0.0755. The molecule has 0 atom stereocenters. The Hall–Kier alpha value is -2.22. The number of benzene rings is 2. The third-order valence-electron chi connectivity index (χ3n) is 6.62. The molecule has 0 unspecified atom stereocenters. The number of carbonyl (C=O) groups is 1. The number of sulfonamides is 2. The van der Waals surface area contributed by atoms with E-state index in [0.29, 0.717) is 55.5 Å². The second kappa shape index (κ2) is 12.8. The Labute approximate surface area is 229 Å². The summed E-state index contributed by atoms with van der Waals surface area (Å²) in [6, 6.07) is 13.1. The Morgan fingerprint density at radius 1 is 0.947 bits per heavy atom. The van der Waals surface area contributed by atoms with Crippen LogP contribution >= 0.6 is 11.6 Å². The van der Waals surface area contributed by atoms with Gasteiger partial charge in [-0.1, -0.05) is 29.8 Å². The van der Waals surface area contributed by atoms with E-state index in [1.54, 1.807) is 36.4 Å². The lowest BCUT2D eigenvalue weighted by Gasteiger charge is -2.30. The average molecular weight is 586 g/mol. The van der Waals surface area contributed by atoms with Crippen molar-refractivity contribution in [2.75, 3.05) is 52.5 Å². The SMILES string of the molecule is O=C(NCCOc1ccc(S(=O)(=O)N2CCOCC2)cc1)C1CCN(S(=O)(=O)Cc2ccccc2Cl)CC1. The molecule has 38 heavy (non-hydrogen) atoms. The van der Waals surface area contributed by atoms with Crippen LogP contribution in [0.15, 0.2) is 53.4 Å². The largest absolute Gasteiger partial charge is 0.492 e. The van der Waals surface area contributed by atoms with Crippen LogP contribution in [0.3, 0.4) is 0 Å². The molecule has 2 aliphatic rings. The highest BCUT2D eigenvalue weighted by Crippen LogP contribution is 2.24. The van der Waals surface area contributed by atoms with E-state index in [-0.39, 0.29) is 48.7 Å². The first-order chi connectivity index (χ1) is 18.2. The van der Waals surface area contributed by atoms with Crippen molar-refractivity contribution in [1.29, 1.82) is 0 Å². The van der Waals surface area contributed by atoms with Gasteiger partial charge in [0.05, 0.1) is 30.4 Å². The topological polar surface area (TPSA) is 122 Å². The van der Waals surface area contributed by atoms with E-state index in [1.165, 1.54) is 20.7 Å². The van der Waals surface area contributed by atoms with E-state index in [0.717, 1.165) is 0 Å². The molecule has 0 saturated carbocycles. The minimum atomic E-state index is -3.57. The summed E-state index contributed by atoms with van der Waals surface area (Å²) in [6.07, 6.45) is 0.876. The summed E-state index contributed by atoms with van der Waals surface area (Å²) in [7, 11) is -7.09. The minimum absolute atomic E-state index is 0.135. The van der Waals surface area contributed by atoms with Gasteiger partial charge in [-0.15, -0.1) is 0 Å². The number of nitrogens with zero attached hydrogens (tertiary/aromatic N) is 2. The number of rotatable bonds is 10. The van der Waals surface area contributed by atoms with Crippen LogP contribution in [0.25, 0.3) is 0 Å². The van der Waals surface area contributed by atoms with Crippen molar-refractivity contribution < 1.29 is 31.1 Å². The van der Waals surface area contributed by atoms with Crippen molar-refractivity contribution in [1.82, 2.24) is 13.9 Å². The lowest BCUT2D eigenvalue weighted by Crippen LogP contribution is -2.44. The summed E-state index contributed by atoms with van der Waals surface area (Å²) in [5, 5.41) is 3.26. The Morgan fingerprint density at radius 3 is 2.26 bits per heavy atom. The van der Waals surface area contributed by atoms with Crippen molar-refractivity contribution in [2.45, 2.75) is 23.5 Å². The molecule has 2 aliphatic heterocycles. The number of halogens is 1. The molecule has 10 nitrogen and oxygen atoms in total. The highest BCUT2D eigenvalue weighted by Gasteiger charge is 2.31. The Balaban J connectivity index is 1.18. The molecule has 13 heteroatoms. The van der Waals surface area contributed by atoms with Gasteiger partial charge in [0, 0.05) is 37.1 Å². The van der Waals surface area contributed by atoms with E-state index in [4.69, 9.17) is 21.1 Å². The molecular formula is C25H32ClN3O7S2. The number of hydrogen-bond donors (Lipinski definition) is 1. The normalized spacial score (nSPS) is 18.2. The van der Waals surface area contributed by atoms with Crippen molar-refractivity contribution in [3.63, 3.8) is 0 Å². The van der Waals surface area contributed by atoms with Gasteiger partial charge in [0.2, 0.25) is 26.0 Å². The van der Waals surface area contributed by atoms with E-state index in [2.05, 4.69) is 5.32 Å². The maximum atomic E-state index is 12.8. The van der Waals surface area contributed by atoms with Crippen molar-refractivity contribution in [3.8, 4) is 5.75 Å². The molecule has 1 amide bonds. The molecule has 2 saturated heterocycles. The van der Waals surface area contributed by atoms with Crippen LogP contribution in [0, 0.1) is 5.92 Å². The first-order valence-electron chi connectivity index (χ1n) is 12.5. The number of ether oxygens (including phenoxy) is 2. The highest BCUT2D eigenvalue weighted by atomic mass is 35.5. The van der Waals surface area contributed by atoms with Gasteiger partial charge in [-0.25, -0.2) is 21.1 Å². The smallest absolute Gasteiger partial charge is 0.243 e. The molecule has 2 fully saturated rings. The molecule has 2 aromatic carbocycles. The fourth-order valence-corrected chi connectivity index (χ4v) is 7.71. The van der Waals surface area contributed by atoms with Crippen LogP contribution in [-0.2, 0) is 35.3 Å². The van der Waals surface area contributed by atoms with Gasteiger partial charge in [-0.3, -0.25) is 4.79 Å². The second-order valence-corrected chi connectivity index (χ2v) is 13.5. The van der Waals surface area contributed by atoms with Crippen molar-refractivity contribution >= 4 is 37.6 Å². The number of piperidine rings is 1. The molecule has 2 aromatic rings. The molecule has 2 heterocycles. The monoisotopic (exact) mass is 585 g/mol. The molecule has 0 aromatic heterocycles. The number of hydrogen-bond acceptors (Lipinski definition) is 7. The summed E-state index contributed by atoms with van der Waals surface area (Å²) in [6.45, 7) is 2.48. The third kappa shape index (κ3) is 7.25. The van der Waals surface area contributed by atoms with Crippen LogP contribution < -0.4 is 10.1 Å². The fourth-order valence-electron chi connectivity index (χ4n) is 4.43. The number of amides is 1. The summed E-state index contributed by atoms with van der Waals surface area (Å²) in [4.78, 5) is 12.8. The predicted octanol–water partition coefficient (Wildman–Crippen LogP) is 2.10. The molecule has 208 valence electrons. The zero-order chi connectivity index (χ0) is 27.2. The van der Waals surface area contributed by atoms with Gasteiger partial charge in [-0.2, -0.15) is 4.31 Å². The van der Waals surface area contributed by atoms with Gasteiger partial charge in [-0.05, 0) is 48.7 Å². The number of morpholine rings is 1. The third-order valence-corrected chi connectivity index (χ3v) is 10.7. The lowest BCUT2D eigenvalue weighted by atomic mass is 9.97. The number of nitrogens with one attached hydrogen (secondary N) is 1. The van der Waals surface area contributed by atoms with E-state index in [9.17, 15) is 21.6 Å². The van der Waals surface area contributed by atoms with Gasteiger partial charge in [0.25, 0.3) is 0 Å². The standard InChI is InChI=1S/C25H32ClN3O7S2/c26-24-4-2-1-3-21(24)19-37(31,32)28-12-9-20(10-13-28)25(30)27-11-16-36-22-5-7-23(8-6-22)38(33,34)29-14-17-35-18-15-29/h1-8,20H,9-19H2,(H,27,30). The second-order valence-electron chi connectivity index (χ2n) is 9.15. The molecule has 0 spiro atoms. The highest BCUT2D eigenvalue weighted by molar-refractivity contribution is 7.89. The van der Waals surface area contributed by atoms with Crippen molar-refractivity contribution in [3.05, 3.63) is 59.1 Å². The van der Waals surface area contributed by atoms with E-state index in [1.807, 2.05) is 0 Å². The summed E-state index contributed by atoms with van der Waals surface area (Å²) < 4.78 is 64.7. The molecule has 0 bridgehead atoms. The lowest BCUT2D eigenvalue weighted by molar-refractivity contribution is -0.126. The average Bonchev–Trinajstić information content (AvgIpc) is 2.93. The van der Waals surface area contributed by atoms with Crippen molar-refractivity contribution in [2.24, 2.45) is 5.92 Å². The first kappa shape index (κ1) is 28.8. The van der Waals surface area contributed by atoms with E-state index < -0.39 is 20.0 Å². The van der Waals surface area contributed by atoms with Crippen LogP contribution in [0.5, 0.6) is 5.75 Å². The van der Waals surface area contributed by atoms with E-state index >= 15 is 0 Å². The maximum absolute atomic E-state index is 12.8. The van der Waals surface area contributed by atoms with Crippen LogP contribution in [0.2, 0.25) is 5.02 Å². The Kier molecular flexibility index (Phi) is 9.66. The Bertz CT molecular complexity index is 1310. The summed E-state index contributed by atoms with van der Waals surface area (Å²) in [5.41, 5.74) is 0.558. The predicted molar refractivity (Wildman–Crippen MR) is 143 cm³/mol. The first-order valence-corrected chi connectivity index (χ1v) is 15.9. The molecule has 0 radical (unpaired) electrons. The minimum Gasteiger partial charge on any atom is -0.492 e. The molecule has 4 rings (SSSR count). The zero-order valence-corrected chi connectivity index (χ0v) is 23.3. The fraction of sp³-hybridized carbons (Fsp3) is 0.480. The van der Waals surface area contributed by atoms with Crippen LogP contribution in [0.1, 0.15) is 18.4 Å². The molecule has 0 aliphatic carbocycles. The zero-order valence-electron chi connectivity index (χ0n) is 20.9. The van der Waals surface area contributed by atoms with Crippen LogP contribution in [-0.4, -0.2) is 83.9 Å².